The van der Waals surface area contributed by atoms with Gasteiger partial charge in [-0.25, -0.2) is 13.1 Å². The quantitative estimate of drug-likeness (QED) is 0.749. The Hall–Kier alpha value is -1.50. The molecule has 2 rings (SSSR count). The van der Waals surface area contributed by atoms with Crippen molar-refractivity contribution < 1.29 is 13.2 Å². The van der Waals surface area contributed by atoms with Gasteiger partial charge in [-0.05, 0) is 43.2 Å². The number of hydrogen-bond acceptors (Lipinski definition) is 3. The van der Waals surface area contributed by atoms with E-state index in [2.05, 4.69) is 20.7 Å². The van der Waals surface area contributed by atoms with Crippen LogP contribution in [0.5, 0.6) is 0 Å². The molecule has 0 bridgehead atoms. The lowest BCUT2D eigenvalue weighted by molar-refractivity contribution is 0.101. The zero-order chi connectivity index (χ0) is 17.0. The van der Waals surface area contributed by atoms with E-state index >= 15 is 0 Å². The molecule has 0 aliphatic heterocycles. The summed E-state index contributed by atoms with van der Waals surface area (Å²) >= 11 is 3.37. The summed E-state index contributed by atoms with van der Waals surface area (Å²) in [5, 5.41) is 0. The Morgan fingerprint density at radius 2 is 1.83 bits per heavy atom. The molecule has 1 atom stereocenters. The van der Waals surface area contributed by atoms with Crippen LogP contribution in [0.2, 0.25) is 0 Å². The molecular formula is C17H18BrNO3S. The minimum atomic E-state index is -3.70. The number of rotatable bonds is 6. The molecule has 2 aromatic carbocycles. The fourth-order valence-corrected chi connectivity index (χ4v) is 3.84. The van der Waals surface area contributed by atoms with Crippen LogP contribution in [-0.4, -0.2) is 14.2 Å². The summed E-state index contributed by atoms with van der Waals surface area (Å²) < 4.78 is 28.8. The Balaban J connectivity index is 2.30. The second-order valence-corrected chi connectivity index (χ2v) is 7.85. The molecule has 0 saturated heterocycles. The molecule has 0 fully saturated rings. The van der Waals surface area contributed by atoms with Crippen LogP contribution in [-0.2, 0) is 10.0 Å². The first-order chi connectivity index (χ1) is 10.8. The molecule has 0 radical (unpaired) electrons. The average molecular weight is 396 g/mol. The third kappa shape index (κ3) is 4.50. The van der Waals surface area contributed by atoms with Crippen LogP contribution in [0.15, 0.2) is 57.9 Å². The summed E-state index contributed by atoms with van der Waals surface area (Å²) in [7, 11) is -3.70. The van der Waals surface area contributed by atoms with Crippen molar-refractivity contribution in [2.75, 3.05) is 0 Å². The number of hydrogen-bond donors (Lipinski definition) is 1. The van der Waals surface area contributed by atoms with Gasteiger partial charge < -0.3 is 0 Å². The second kappa shape index (κ2) is 7.38. The van der Waals surface area contributed by atoms with Crippen molar-refractivity contribution in [3.8, 4) is 0 Å². The number of carbonyl (C=O) groups is 1. The van der Waals surface area contributed by atoms with Crippen LogP contribution in [0.3, 0.4) is 0 Å². The average Bonchev–Trinajstić information content (AvgIpc) is 2.53. The number of benzene rings is 2. The monoisotopic (exact) mass is 395 g/mol. The maximum Gasteiger partial charge on any atom is 0.241 e. The van der Waals surface area contributed by atoms with Crippen LogP contribution in [0, 0.1) is 0 Å². The van der Waals surface area contributed by atoms with Gasteiger partial charge in [-0.1, -0.05) is 47.1 Å². The zero-order valence-electron chi connectivity index (χ0n) is 12.9. The molecule has 6 heteroatoms. The van der Waals surface area contributed by atoms with E-state index in [0.717, 1.165) is 10.0 Å². The van der Waals surface area contributed by atoms with E-state index in [4.69, 9.17) is 0 Å². The van der Waals surface area contributed by atoms with Crippen molar-refractivity contribution in [1.82, 2.24) is 4.72 Å². The van der Waals surface area contributed by atoms with E-state index < -0.39 is 10.0 Å². The first kappa shape index (κ1) is 17.8. The van der Waals surface area contributed by atoms with E-state index in [1.807, 2.05) is 31.2 Å². The summed E-state index contributed by atoms with van der Waals surface area (Å²) in [4.78, 5) is 11.5. The number of sulfonamides is 1. The summed E-state index contributed by atoms with van der Waals surface area (Å²) in [5.74, 6) is -0.165. The molecule has 0 heterocycles. The van der Waals surface area contributed by atoms with Crippen LogP contribution >= 0.6 is 15.9 Å². The van der Waals surface area contributed by atoms with Gasteiger partial charge in [-0.15, -0.1) is 0 Å². The smallest absolute Gasteiger partial charge is 0.241 e. The highest BCUT2D eigenvalue weighted by Gasteiger charge is 2.21. The van der Waals surface area contributed by atoms with Crippen LogP contribution in [0.4, 0.5) is 0 Å². The van der Waals surface area contributed by atoms with Gasteiger partial charge in [0.2, 0.25) is 10.0 Å². The third-order valence-electron chi connectivity index (χ3n) is 3.53. The molecule has 1 N–H and O–H groups in total. The standard InChI is InChI=1S/C17H18BrNO3S/c1-3-17(13-7-9-15(18)10-8-13)19-23(21,22)16-6-4-5-14(11-16)12(2)20/h4-11,17,19H,3H2,1-2H3. The lowest BCUT2D eigenvalue weighted by Crippen LogP contribution is -2.28. The maximum atomic E-state index is 12.6. The lowest BCUT2D eigenvalue weighted by atomic mass is 10.1. The van der Waals surface area contributed by atoms with Crippen molar-refractivity contribution in [2.45, 2.75) is 31.2 Å². The number of Topliss-reactive ketones (excluding diaryl/α,β-unsaturated/α-hetero) is 1. The first-order valence-electron chi connectivity index (χ1n) is 7.22. The second-order valence-electron chi connectivity index (χ2n) is 5.22. The van der Waals surface area contributed by atoms with E-state index in [1.165, 1.54) is 19.1 Å². The van der Waals surface area contributed by atoms with Crippen molar-refractivity contribution in [2.24, 2.45) is 0 Å². The third-order valence-corrected chi connectivity index (χ3v) is 5.53. The highest BCUT2D eigenvalue weighted by molar-refractivity contribution is 9.10. The number of carbonyl (C=O) groups excluding carboxylic acids is 1. The van der Waals surface area contributed by atoms with E-state index in [9.17, 15) is 13.2 Å². The van der Waals surface area contributed by atoms with Gasteiger partial charge >= 0.3 is 0 Å². The van der Waals surface area contributed by atoms with Gasteiger partial charge in [0.15, 0.2) is 5.78 Å². The Bertz CT molecular complexity index is 801. The predicted octanol–water partition coefficient (Wildman–Crippen LogP) is 4.08. The highest BCUT2D eigenvalue weighted by Crippen LogP contribution is 2.22. The van der Waals surface area contributed by atoms with Gasteiger partial charge in [-0.2, -0.15) is 0 Å². The van der Waals surface area contributed by atoms with Crippen molar-refractivity contribution >= 4 is 31.7 Å². The minimum absolute atomic E-state index is 0.0979. The first-order valence-corrected chi connectivity index (χ1v) is 9.50. The van der Waals surface area contributed by atoms with Crippen molar-refractivity contribution in [3.05, 3.63) is 64.1 Å². The summed E-state index contributed by atoms with van der Waals surface area (Å²) in [6, 6.07) is 13.3. The molecule has 0 aliphatic carbocycles. The Morgan fingerprint density at radius 1 is 1.17 bits per heavy atom. The number of halogens is 1. The topological polar surface area (TPSA) is 63.2 Å². The van der Waals surface area contributed by atoms with Gasteiger partial charge in [0.1, 0.15) is 0 Å². The van der Waals surface area contributed by atoms with E-state index in [-0.39, 0.29) is 16.7 Å². The van der Waals surface area contributed by atoms with Crippen LogP contribution < -0.4 is 4.72 Å². The molecule has 1 unspecified atom stereocenters. The summed E-state index contributed by atoms with van der Waals surface area (Å²) in [6.07, 6.45) is 0.618. The Morgan fingerprint density at radius 3 is 2.39 bits per heavy atom. The fourth-order valence-electron chi connectivity index (χ4n) is 2.22. The molecular weight excluding hydrogens is 378 g/mol. The van der Waals surface area contributed by atoms with E-state index in [0.29, 0.717) is 12.0 Å². The number of ketones is 1. The summed E-state index contributed by atoms with van der Waals surface area (Å²) in [5.41, 5.74) is 1.27. The van der Waals surface area contributed by atoms with Gasteiger partial charge in [-0.3, -0.25) is 4.79 Å². The minimum Gasteiger partial charge on any atom is -0.295 e. The molecule has 0 aliphatic rings. The largest absolute Gasteiger partial charge is 0.295 e. The van der Waals surface area contributed by atoms with E-state index in [1.54, 1.807) is 12.1 Å². The van der Waals surface area contributed by atoms with Crippen molar-refractivity contribution in [1.29, 1.82) is 0 Å². The normalized spacial score (nSPS) is 12.8. The fraction of sp³-hybridized carbons (Fsp3) is 0.235. The zero-order valence-corrected chi connectivity index (χ0v) is 15.3. The molecule has 0 spiro atoms. The molecule has 23 heavy (non-hydrogen) atoms. The van der Waals surface area contributed by atoms with Gasteiger partial charge in [0.05, 0.1) is 4.90 Å². The molecule has 0 amide bonds. The molecule has 0 aromatic heterocycles. The predicted molar refractivity (Wildman–Crippen MR) is 93.9 cm³/mol. The lowest BCUT2D eigenvalue weighted by Gasteiger charge is -2.18. The number of nitrogens with one attached hydrogen (secondary N) is 1. The maximum absolute atomic E-state index is 12.6. The van der Waals surface area contributed by atoms with Gasteiger partial charge in [0, 0.05) is 16.1 Å². The molecule has 122 valence electrons. The molecule has 4 nitrogen and oxygen atoms in total. The van der Waals surface area contributed by atoms with Crippen LogP contribution in [0.25, 0.3) is 0 Å². The molecule has 2 aromatic rings. The Labute approximate surface area is 145 Å². The van der Waals surface area contributed by atoms with Crippen molar-refractivity contribution in [3.63, 3.8) is 0 Å². The highest BCUT2D eigenvalue weighted by atomic mass is 79.9. The van der Waals surface area contributed by atoms with Gasteiger partial charge in [0.25, 0.3) is 0 Å². The summed E-state index contributed by atoms with van der Waals surface area (Å²) in [6.45, 7) is 3.33. The SMILES string of the molecule is CCC(NS(=O)(=O)c1cccc(C(C)=O)c1)c1ccc(Br)cc1. The Kier molecular flexibility index (Phi) is 5.73. The molecule has 0 saturated carbocycles. The van der Waals surface area contributed by atoms with Crippen LogP contribution in [0.1, 0.15) is 42.2 Å².